The summed E-state index contributed by atoms with van der Waals surface area (Å²) in [7, 11) is 2.07. The molecule has 2 aromatic heterocycles. The molecule has 2 atom stereocenters. The topological polar surface area (TPSA) is 105 Å². The second-order valence-electron chi connectivity index (χ2n) is 11.2. The van der Waals surface area contributed by atoms with E-state index in [-0.39, 0.29) is 29.7 Å². The Hall–Kier alpha value is -3.99. The van der Waals surface area contributed by atoms with Crippen LogP contribution in [-0.2, 0) is 17.8 Å². The summed E-state index contributed by atoms with van der Waals surface area (Å²) in [4.78, 5) is 46.5. The Bertz CT molecular complexity index is 1440. The number of aromatic nitrogens is 4. The quantitative estimate of drug-likeness (QED) is 0.498. The molecule has 2 amide bonds. The van der Waals surface area contributed by atoms with Crippen LogP contribution in [0.3, 0.4) is 0 Å². The molecule has 6 rings (SSSR count). The number of carbonyl (C=O) groups is 2. The molecule has 2 fully saturated rings. The maximum atomic E-state index is 13.7. The third-order valence-corrected chi connectivity index (χ3v) is 8.49. The number of likely N-dealkylation sites (N-methyl/N-ethyl adjacent to an activating group) is 1. The van der Waals surface area contributed by atoms with Crippen LogP contribution < -0.4 is 9.80 Å². The highest BCUT2D eigenvalue weighted by molar-refractivity contribution is 5.92. The van der Waals surface area contributed by atoms with Gasteiger partial charge in [0.1, 0.15) is 5.82 Å². The van der Waals surface area contributed by atoms with Crippen molar-refractivity contribution in [3.05, 3.63) is 54.0 Å². The molecular weight excluding hydrogens is 506 g/mol. The first-order chi connectivity index (χ1) is 19.3. The lowest BCUT2D eigenvalue weighted by atomic mass is 10.0. The summed E-state index contributed by atoms with van der Waals surface area (Å²) in [6.45, 7) is 13.3. The van der Waals surface area contributed by atoms with Crippen LogP contribution in [0.4, 0.5) is 11.6 Å². The Kier molecular flexibility index (Phi) is 6.91. The maximum absolute atomic E-state index is 13.7. The van der Waals surface area contributed by atoms with Gasteiger partial charge < -0.3 is 24.5 Å². The summed E-state index contributed by atoms with van der Waals surface area (Å²) >= 11 is 0. The number of para-hydroxylation sites is 1. The lowest BCUT2D eigenvalue weighted by Gasteiger charge is -2.45. The van der Waals surface area contributed by atoms with Gasteiger partial charge in [0.25, 0.3) is 5.91 Å². The Morgan fingerprint density at radius 1 is 1.00 bits per heavy atom. The van der Waals surface area contributed by atoms with Crippen LogP contribution in [0.15, 0.2) is 36.9 Å². The summed E-state index contributed by atoms with van der Waals surface area (Å²) in [5, 5.41) is 8.83. The third-order valence-electron chi connectivity index (χ3n) is 8.49. The first-order valence-corrected chi connectivity index (χ1v) is 14.1. The Labute approximate surface area is 234 Å². The normalized spacial score (nSPS) is 22.0. The zero-order valence-corrected chi connectivity index (χ0v) is 23.5. The summed E-state index contributed by atoms with van der Waals surface area (Å²) in [5.74, 6) is 1.78. The highest BCUT2D eigenvalue weighted by Gasteiger charge is 2.36. The number of amides is 2. The van der Waals surface area contributed by atoms with Crippen LogP contribution >= 0.6 is 0 Å². The van der Waals surface area contributed by atoms with E-state index < -0.39 is 0 Å². The van der Waals surface area contributed by atoms with Gasteiger partial charge in [-0.1, -0.05) is 18.7 Å². The number of piperazine rings is 2. The van der Waals surface area contributed by atoms with E-state index in [1.54, 1.807) is 0 Å². The monoisotopic (exact) mass is 543 g/mol. The van der Waals surface area contributed by atoms with E-state index in [9.17, 15) is 9.59 Å². The van der Waals surface area contributed by atoms with Crippen molar-refractivity contribution in [1.82, 2.24) is 34.9 Å². The highest BCUT2D eigenvalue weighted by Crippen LogP contribution is 2.34. The SMILES string of the molecule is C=CC(=O)N1C[C@H](C)N(c2nc(C(=O)N3CCN(C)CC3)nc3c2CCN(c2n[nH]c4ccccc24)C3)C[C@H]1C. The number of aromatic amines is 1. The molecular formula is C29H37N9O2. The molecule has 0 spiro atoms. The first kappa shape index (κ1) is 26.2. The molecule has 3 aliphatic heterocycles. The fraction of sp³-hybridized carbons (Fsp3) is 0.483. The van der Waals surface area contributed by atoms with Gasteiger partial charge in [-0.05, 0) is 45.5 Å². The average molecular weight is 544 g/mol. The molecule has 0 unspecified atom stereocenters. The van der Waals surface area contributed by atoms with E-state index in [4.69, 9.17) is 9.97 Å². The van der Waals surface area contributed by atoms with Gasteiger partial charge in [0, 0.05) is 68.8 Å². The predicted molar refractivity (Wildman–Crippen MR) is 154 cm³/mol. The van der Waals surface area contributed by atoms with Crippen molar-refractivity contribution in [2.45, 2.75) is 38.9 Å². The molecule has 5 heterocycles. The van der Waals surface area contributed by atoms with E-state index in [0.29, 0.717) is 32.7 Å². The van der Waals surface area contributed by atoms with Crippen LogP contribution in [0.2, 0.25) is 0 Å². The van der Waals surface area contributed by atoms with Gasteiger partial charge in [-0.3, -0.25) is 14.7 Å². The van der Waals surface area contributed by atoms with E-state index in [1.807, 2.05) is 28.0 Å². The van der Waals surface area contributed by atoms with E-state index in [2.05, 4.69) is 58.4 Å². The molecule has 3 aromatic rings. The standard InChI is InChI=1S/C29H37N9O2/c1-5-25(39)37-16-20(3)38(17-19(37)2)27-22-10-11-36(28-21-8-6-7-9-23(21)32-33-28)18-24(22)30-26(31-27)29(40)35-14-12-34(4)13-15-35/h5-9,19-20H,1,10-18H2,2-4H3,(H,32,33)/t19-,20+/m1/s1. The fourth-order valence-corrected chi connectivity index (χ4v) is 6.11. The van der Waals surface area contributed by atoms with E-state index >= 15 is 0 Å². The van der Waals surface area contributed by atoms with Gasteiger partial charge in [0.2, 0.25) is 11.7 Å². The zero-order valence-electron chi connectivity index (χ0n) is 23.5. The molecule has 0 aliphatic carbocycles. The number of hydrogen-bond acceptors (Lipinski definition) is 8. The van der Waals surface area contributed by atoms with Crippen LogP contribution in [0.1, 0.15) is 35.7 Å². The molecule has 0 saturated carbocycles. The molecule has 40 heavy (non-hydrogen) atoms. The van der Waals surface area contributed by atoms with Gasteiger partial charge in [0.15, 0.2) is 5.82 Å². The Morgan fingerprint density at radius 3 is 2.55 bits per heavy atom. The first-order valence-electron chi connectivity index (χ1n) is 14.1. The van der Waals surface area contributed by atoms with Crippen LogP contribution in [-0.4, -0.2) is 112 Å². The van der Waals surface area contributed by atoms with Crippen molar-refractivity contribution < 1.29 is 9.59 Å². The zero-order chi connectivity index (χ0) is 28.0. The van der Waals surface area contributed by atoms with Gasteiger partial charge in [-0.15, -0.1) is 0 Å². The van der Waals surface area contributed by atoms with Crippen molar-refractivity contribution in [3.63, 3.8) is 0 Å². The lowest BCUT2D eigenvalue weighted by molar-refractivity contribution is -0.128. The molecule has 210 valence electrons. The number of nitrogens with zero attached hydrogens (tertiary/aromatic N) is 8. The largest absolute Gasteiger partial charge is 0.350 e. The van der Waals surface area contributed by atoms with Crippen LogP contribution in [0.5, 0.6) is 0 Å². The molecule has 0 bridgehead atoms. The number of benzene rings is 1. The van der Waals surface area contributed by atoms with Crippen molar-refractivity contribution in [1.29, 1.82) is 0 Å². The number of carbonyl (C=O) groups excluding carboxylic acids is 2. The minimum Gasteiger partial charge on any atom is -0.350 e. The van der Waals surface area contributed by atoms with Crippen molar-refractivity contribution in [2.75, 3.05) is 62.7 Å². The number of fused-ring (bicyclic) bond motifs is 2. The summed E-state index contributed by atoms with van der Waals surface area (Å²) in [5.41, 5.74) is 2.94. The maximum Gasteiger partial charge on any atom is 0.291 e. The van der Waals surface area contributed by atoms with E-state index in [1.165, 1.54) is 6.08 Å². The smallest absolute Gasteiger partial charge is 0.291 e. The predicted octanol–water partition coefficient (Wildman–Crippen LogP) is 1.91. The molecule has 0 radical (unpaired) electrons. The molecule has 1 aromatic carbocycles. The Morgan fingerprint density at radius 2 is 1.77 bits per heavy atom. The van der Waals surface area contributed by atoms with Gasteiger partial charge in [0.05, 0.1) is 17.8 Å². The minimum absolute atomic E-state index is 0.0143. The number of hydrogen-bond donors (Lipinski definition) is 1. The van der Waals surface area contributed by atoms with Crippen molar-refractivity contribution >= 4 is 34.4 Å². The van der Waals surface area contributed by atoms with Crippen molar-refractivity contribution in [3.8, 4) is 0 Å². The molecule has 11 heteroatoms. The summed E-state index contributed by atoms with van der Waals surface area (Å²) in [6, 6.07) is 8.13. The number of rotatable bonds is 4. The number of anilines is 2. The fourth-order valence-electron chi connectivity index (χ4n) is 6.11. The second-order valence-corrected chi connectivity index (χ2v) is 11.2. The number of H-pyrrole nitrogens is 1. The number of nitrogens with one attached hydrogen (secondary N) is 1. The second kappa shape index (κ2) is 10.5. The third kappa shape index (κ3) is 4.68. The van der Waals surface area contributed by atoms with Crippen LogP contribution in [0.25, 0.3) is 10.9 Å². The van der Waals surface area contributed by atoms with Gasteiger partial charge in [-0.2, -0.15) is 5.10 Å². The highest BCUT2D eigenvalue weighted by atomic mass is 16.2. The summed E-state index contributed by atoms with van der Waals surface area (Å²) < 4.78 is 0. The average Bonchev–Trinajstić information content (AvgIpc) is 3.41. The summed E-state index contributed by atoms with van der Waals surface area (Å²) in [6.07, 6.45) is 2.12. The molecule has 1 N–H and O–H groups in total. The van der Waals surface area contributed by atoms with Crippen molar-refractivity contribution in [2.24, 2.45) is 0 Å². The lowest BCUT2D eigenvalue weighted by Crippen LogP contribution is -2.58. The Balaban J connectivity index is 1.37. The molecule has 11 nitrogen and oxygen atoms in total. The van der Waals surface area contributed by atoms with Gasteiger partial charge in [-0.25, -0.2) is 9.97 Å². The van der Waals surface area contributed by atoms with Gasteiger partial charge >= 0.3 is 0 Å². The van der Waals surface area contributed by atoms with Crippen LogP contribution in [0, 0.1) is 0 Å². The van der Waals surface area contributed by atoms with E-state index in [0.717, 1.165) is 59.9 Å². The minimum atomic E-state index is -0.124. The molecule has 3 aliphatic rings. The molecule has 2 saturated heterocycles.